The Morgan fingerprint density at radius 3 is 2.52 bits per heavy atom. The summed E-state index contributed by atoms with van der Waals surface area (Å²) in [5.74, 6) is 0.665. The monoisotopic (exact) mass is 385 g/mol. The molecule has 0 radical (unpaired) electrons. The van der Waals surface area contributed by atoms with Crippen LogP contribution in [0.15, 0.2) is 48.5 Å². The van der Waals surface area contributed by atoms with Gasteiger partial charge in [0, 0.05) is 24.3 Å². The number of hydrogen-bond donors (Lipinski definition) is 3. The van der Waals surface area contributed by atoms with Crippen LogP contribution >= 0.6 is 24.8 Å². The van der Waals surface area contributed by atoms with Gasteiger partial charge in [0.2, 0.25) is 0 Å². The van der Waals surface area contributed by atoms with Gasteiger partial charge in [0.1, 0.15) is 5.75 Å². The van der Waals surface area contributed by atoms with Gasteiger partial charge in [-0.25, -0.2) is 0 Å². The number of benzene rings is 2. The van der Waals surface area contributed by atoms with Crippen molar-refractivity contribution in [3.63, 3.8) is 0 Å². The summed E-state index contributed by atoms with van der Waals surface area (Å²) in [6.07, 6.45) is 0. The van der Waals surface area contributed by atoms with Crippen LogP contribution in [0.5, 0.6) is 5.75 Å². The molecule has 0 aliphatic carbocycles. The predicted molar refractivity (Wildman–Crippen MR) is 108 cm³/mol. The fourth-order valence-corrected chi connectivity index (χ4v) is 2.09. The Labute approximate surface area is 161 Å². The summed E-state index contributed by atoms with van der Waals surface area (Å²) in [6.45, 7) is 2.59. The number of halogens is 2. The minimum atomic E-state index is -0.0990. The van der Waals surface area contributed by atoms with Gasteiger partial charge in [-0.2, -0.15) is 0 Å². The van der Waals surface area contributed by atoms with Crippen molar-refractivity contribution in [1.82, 2.24) is 10.6 Å². The molecule has 0 fully saturated rings. The van der Waals surface area contributed by atoms with Crippen LogP contribution in [0.1, 0.15) is 17.3 Å². The van der Waals surface area contributed by atoms with E-state index in [-0.39, 0.29) is 36.8 Å². The zero-order valence-electron chi connectivity index (χ0n) is 14.5. The molecule has 1 amide bonds. The molecule has 0 saturated heterocycles. The first-order valence-electron chi connectivity index (χ1n) is 7.59. The summed E-state index contributed by atoms with van der Waals surface area (Å²) < 4.78 is 5.22. The molecule has 3 N–H and O–H groups in total. The first kappa shape index (κ1) is 23.1. The highest BCUT2D eigenvalue weighted by Gasteiger charge is 2.11. The Morgan fingerprint density at radius 2 is 1.84 bits per heavy atom. The molecule has 0 bridgehead atoms. The zero-order valence-corrected chi connectivity index (χ0v) is 16.2. The highest BCUT2D eigenvalue weighted by Crippen LogP contribution is 2.23. The lowest BCUT2D eigenvalue weighted by Crippen LogP contribution is -2.37. The maximum atomic E-state index is 12.4. The van der Waals surface area contributed by atoms with Crippen molar-refractivity contribution in [2.45, 2.75) is 13.0 Å². The molecule has 2 aromatic rings. The number of likely N-dealkylation sites (N-methyl/N-ethyl adjacent to an activating group) is 1. The van der Waals surface area contributed by atoms with E-state index in [9.17, 15) is 4.79 Å². The summed E-state index contributed by atoms with van der Waals surface area (Å²) in [7, 11) is 3.50. The summed E-state index contributed by atoms with van der Waals surface area (Å²) in [5.41, 5.74) is 2.24. The van der Waals surface area contributed by atoms with Gasteiger partial charge in [-0.1, -0.05) is 18.2 Å². The number of carbonyl (C=O) groups excluding carboxylic acids is 1. The number of methoxy groups -OCH3 is 1. The van der Waals surface area contributed by atoms with Gasteiger partial charge < -0.3 is 20.7 Å². The molecule has 1 unspecified atom stereocenters. The SMILES string of the molecule is CNC(C)CNC(=O)c1ccccc1Nc1cccc(OC)c1.Cl.Cl. The van der Waals surface area contributed by atoms with Crippen LogP contribution in [0.25, 0.3) is 0 Å². The molecule has 0 spiro atoms. The van der Waals surface area contributed by atoms with Crippen LogP contribution in [0.3, 0.4) is 0 Å². The van der Waals surface area contributed by atoms with Gasteiger partial charge in [-0.05, 0) is 38.2 Å². The predicted octanol–water partition coefficient (Wildman–Crippen LogP) is 3.62. The minimum absolute atomic E-state index is 0. The van der Waals surface area contributed by atoms with E-state index in [1.54, 1.807) is 7.11 Å². The summed E-state index contributed by atoms with van der Waals surface area (Å²) >= 11 is 0. The third-order valence-electron chi connectivity index (χ3n) is 3.58. The molecule has 138 valence electrons. The fourth-order valence-electron chi connectivity index (χ4n) is 2.09. The Hall–Kier alpha value is -1.95. The van der Waals surface area contributed by atoms with Crippen LogP contribution in [0.4, 0.5) is 11.4 Å². The van der Waals surface area contributed by atoms with E-state index < -0.39 is 0 Å². The second-order valence-corrected chi connectivity index (χ2v) is 5.30. The second-order valence-electron chi connectivity index (χ2n) is 5.30. The average Bonchev–Trinajstić information content (AvgIpc) is 2.60. The van der Waals surface area contributed by atoms with E-state index in [1.807, 2.05) is 62.5 Å². The fraction of sp³-hybridized carbons (Fsp3) is 0.278. The van der Waals surface area contributed by atoms with E-state index in [2.05, 4.69) is 16.0 Å². The molecular formula is C18H25Cl2N3O2. The largest absolute Gasteiger partial charge is 0.497 e. The van der Waals surface area contributed by atoms with E-state index in [0.29, 0.717) is 12.1 Å². The normalized spacial score (nSPS) is 10.7. The summed E-state index contributed by atoms with van der Waals surface area (Å²) in [5, 5.41) is 9.30. The molecule has 0 aliphatic rings. The third kappa shape index (κ3) is 6.82. The minimum Gasteiger partial charge on any atom is -0.497 e. The molecule has 0 aliphatic heterocycles. The number of hydrogen-bond acceptors (Lipinski definition) is 4. The quantitative estimate of drug-likeness (QED) is 0.680. The number of rotatable bonds is 7. The van der Waals surface area contributed by atoms with Crippen molar-refractivity contribution in [3.05, 3.63) is 54.1 Å². The molecule has 0 saturated carbocycles. The van der Waals surface area contributed by atoms with E-state index >= 15 is 0 Å². The van der Waals surface area contributed by atoms with Crippen molar-refractivity contribution in [2.75, 3.05) is 26.0 Å². The number of nitrogens with one attached hydrogen (secondary N) is 3. The summed E-state index contributed by atoms with van der Waals surface area (Å²) in [4.78, 5) is 12.4. The number of carbonyl (C=O) groups is 1. The van der Waals surface area contributed by atoms with E-state index in [0.717, 1.165) is 17.1 Å². The second kappa shape index (κ2) is 11.6. The van der Waals surface area contributed by atoms with E-state index in [4.69, 9.17) is 4.74 Å². The highest BCUT2D eigenvalue weighted by molar-refractivity contribution is 6.00. The molecule has 2 aromatic carbocycles. The summed E-state index contributed by atoms with van der Waals surface area (Å²) in [6, 6.07) is 15.3. The Morgan fingerprint density at radius 1 is 1.12 bits per heavy atom. The Kier molecular flexibility index (Phi) is 10.7. The van der Waals surface area contributed by atoms with Gasteiger partial charge in [-0.15, -0.1) is 24.8 Å². The van der Waals surface area contributed by atoms with Crippen LogP contribution in [-0.4, -0.2) is 32.7 Å². The Bertz CT molecular complexity index is 668. The first-order valence-corrected chi connectivity index (χ1v) is 7.59. The molecule has 1 atom stereocenters. The maximum absolute atomic E-state index is 12.4. The van der Waals surface area contributed by atoms with Gasteiger partial charge in [0.15, 0.2) is 0 Å². The number of para-hydroxylation sites is 1. The van der Waals surface area contributed by atoms with Crippen molar-refractivity contribution < 1.29 is 9.53 Å². The molecule has 0 aromatic heterocycles. The van der Waals surface area contributed by atoms with Crippen LogP contribution in [0.2, 0.25) is 0 Å². The van der Waals surface area contributed by atoms with Gasteiger partial charge in [0.25, 0.3) is 5.91 Å². The van der Waals surface area contributed by atoms with Crippen molar-refractivity contribution in [2.24, 2.45) is 0 Å². The molecule has 2 rings (SSSR count). The van der Waals surface area contributed by atoms with Gasteiger partial charge >= 0.3 is 0 Å². The molecule has 7 heteroatoms. The van der Waals surface area contributed by atoms with Crippen molar-refractivity contribution >= 4 is 42.1 Å². The topological polar surface area (TPSA) is 62.4 Å². The molecule has 0 heterocycles. The third-order valence-corrected chi connectivity index (χ3v) is 3.58. The molecule has 5 nitrogen and oxygen atoms in total. The van der Waals surface area contributed by atoms with Gasteiger partial charge in [0.05, 0.1) is 18.4 Å². The van der Waals surface area contributed by atoms with Gasteiger partial charge in [-0.3, -0.25) is 4.79 Å². The number of anilines is 2. The van der Waals surface area contributed by atoms with Crippen LogP contribution in [-0.2, 0) is 0 Å². The first-order chi connectivity index (χ1) is 11.1. The van der Waals surface area contributed by atoms with Crippen molar-refractivity contribution in [1.29, 1.82) is 0 Å². The zero-order chi connectivity index (χ0) is 16.7. The molecule has 25 heavy (non-hydrogen) atoms. The maximum Gasteiger partial charge on any atom is 0.253 e. The lowest BCUT2D eigenvalue weighted by atomic mass is 10.1. The Balaban J connectivity index is 0.00000288. The van der Waals surface area contributed by atoms with Crippen LogP contribution in [0, 0.1) is 0 Å². The van der Waals surface area contributed by atoms with Crippen LogP contribution < -0.4 is 20.7 Å². The smallest absolute Gasteiger partial charge is 0.253 e. The number of ether oxygens (including phenoxy) is 1. The highest BCUT2D eigenvalue weighted by atomic mass is 35.5. The van der Waals surface area contributed by atoms with Crippen molar-refractivity contribution in [3.8, 4) is 5.75 Å². The lowest BCUT2D eigenvalue weighted by Gasteiger charge is -2.15. The lowest BCUT2D eigenvalue weighted by molar-refractivity contribution is 0.0951. The van der Waals surface area contributed by atoms with E-state index in [1.165, 1.54) is 0 Å². The average molecular weight is 386 g/mol. The standard InChI is InChI=1S/C18H23N3O2.2ClH/c1-13(19-2)12-20-18(22)16-9-4-5-10-17(16)21-14-7-6-8-15(11-14)23-3;;/h4-11,13,19,21H,12H2,1-3H3,(H,20,22);2*1H. The number of amides is 1. The molecular weight excluding hydrogens is 361 g/mol.